The Balaban J connectivity index is 1.90. The summed E-state index contributed by atoms with van der Waals surface area (Å²) < 4.78 is 2.23. The molecule has 0 fully saturated rings. The molecule has 2 heterocycles. The highest BCUT2D eigenvalue weighted by Gasteiger charge is 2.10. The molecule has 20 heavy (non-hydrogen) atoms. The van der Waals surface area contributed by atoms with Crippen molar-refractivity contribution in [2.75, 3.05) is 0 Å². The van der Waals surface area contributed by atoms with Gasteiger partial charge in [0.1, 0.15) is 5.03 Å². The highest BCUT2D eigenvalue weighted by Crippen LogP contribution is 2.34. The fourth-order valence-corrected chi connectivity index (χ4v) is 4.07. The Labute approximate surface area is 126 Å². The summed E-state index contributed by atoms with van der Waals surface area (Å²) in [5, 5.41) is 1.00. The third kappa shape index (κ3) is 3.00. The maximum Gasteiger partial charge on any atom is 0.157 e. The molecule has 0 saturated carbocycles. The summed E-state index contributed by atoms with van der Waals surface area (Å²) in [6, 6.07) is 12.4. The van der Waals surface area contributed by atoms with Gasteiger partial charge in [0, 0.05) is 12.2 Å². The van der Waals surface area contributed by atoms with E-state index in [9.17, 15) is 0 Å². The first-order valence-electron chi connectivity index (χ1n) is 6.45. The van der Waals surface area contributed by atoms with E-state index in [-0.39, 0.29) is 6.04 Å². The van der Waals surface area contributed by atoms with E-state index in [1.54, 1.807) is 23.1 Å². The molecule has 5 heteroatoms. The number of nitrogens with two attached hydrogens (primary N) is 1. The van der Waals surface area contributed by atoms with E-state index >= 15 is 0 Å². The molecule has 0 aliphatic carbocycles. The molecule has 0 radical (unpaired) electrons. The first-order chi connectivity index (χ1) is 9.72. The molecular weight excluding hydrogens is 286 g/mol. The number of aromatic nitrogens is 2. The molecule has 2 aromatic heterocycles. The number of pyridine rings is 1. The lowest BCUT2D eigenvalue weighted by atomic mass is 10.1. The predicted molar refractivity (Wildman–Crippen MR) is 85.3 cm³/mol. The van der Waals surface area contributed by atoms with Crippen LogP contribution in [0, 0.1) is 0 Å². The Kier molecular flexibility index (Phi) is 4.00. The zero-order valence-electron chi connectivity index (χ0n) is 11.1. The van der Waals surface area contributed by atoms with Crippen molar-refractivity contribution in [2.24, 2.45) is 5.73 Å². The van der Waals surface area contributed by atoms with Crippen molar-refractivity contribution in [3.8, 4) is 0 Å². The molecular formula is C15H15N3S2. The Bertz CT molecular complexity index is 689. The number of para-hydroxylation sites is 1. The van der Waals surface area contributed by atoms with Crippen LogP contribution < -0.4 is 5.73 Å². The van der Waals surface area contributed by atoms with Gasteiger partial charge >= 0.3 is 0 Å². The molecule has 1 atom stereocenters. The van der Waals surface area contributed by atoms with Gasteiger partial charge in [0.2, 0.25) is 0 Å². The lowest BCUT2D eigenvalue weighted by Crippen LogP contribution is -2.18. The Morgan fingerprint density at radius 1 is 1.25 bits per heavy atom. The standard InChI is InChI=1S/C15H15N3S2/c1-10(16)9-11-5-4-8-17-14(11)20-15-18-12-6-2-3-7-13(12)19-15/h2-8,10H,9,16H2,1H3. The molecule has 0 amide bonds. The van der Waals surface area contributed by atoms with Gasteiger partial charge in [-0.3, -0.25) is 0 Å². The lowest BCUT2D eigenvalue weighted by Gasteiger charge is -2.08. The van der Waals surface area contributed by atoms with E-state index in [0.29, 0.717) is 0 Å². The molecule has 0 bridgehead atoms. The summed E-state index contributed by atoms with van der Waals surface area (Å²) >= 11 is 3.32. The van der Waals surface area contributed by atoms with E-state index in [0.717, 1.165) is 21.3 Å². The molecule has 0 spiro atoms. The van der Waals surface area contributed by atoms with Gasteiger partial charge in [-0.05, 0) is 48.9 Å². The summed E-state index contributed by atoms with van der Waals surface area (Å²) in [5.41, 5.74) is 8.13. The smallest absolute Gasteiger partial charge is 0.157 e. The molecule has 0 saturated heterocycles. The second kappa shape index (κ2) is 5.91. The zero-order chi connectivity index (χ0) is 13.9. The Hall–Kier alpha value is -1.43. The summed E-state index contributed by atoms with van der Waals surface area (Å²) in [5.74, 6) is 0. The molecule has 3 nitrogen and oxygen atoms in total. The first-order valence-corrected chi connectivity index (χ1v) is 8.08. The van der Waals surface area contributed by atoms with Gasteiger partial charge < -0.3 is 5.73 Å². The van der Waals surface area contributed by atoms with Gasteiger partial charge in [0.05, 0.1) is 10.2 Å². The molecule has 1 aromatic carbocycles. The summed E-state index contributed by atoms with van der Waals surface area (Å²) in [7, 11) is 0. The molecule has 0 aliphatic heterocycles. The minimum absolute atomic E-state index is 0.133. The number of nitrogens with zero attached hydrogens (tertiary/aromatic N) is 2. The fraction of sp³-hybridized carbons (Fsp3) is 0.200. The normalized spacial score (nSPS) is 12.7. The van der Waals surface area contributed by atoms with Gasteiger partial charge in [0.25, 0.3) is 0 Å². The lowest BCUT2D eigenvalue weighted by molar-refractivity contribution is 0.722. The zero-order valence-corrected chi connectivity index (χ0v) is 12.7. The number of benzene rings is 1. The van der Waals surface area contributed by atoms with Crippen molar-refractivity contribution in [2.45, 2.75) is 28.8 Å². The molecule has 102 valence electrons. The minimum Gasteiger partial charge on any atom is -0.328 e. The SMILES string of the molecule is CC(N)Cc1cccnc1Sc1nc2ccccc2s1. The van der Waals surface area contributed by atoms with Crippen molar-refractivity contribution in [1.82, 2.24) is 9.97 Å². The Morgan fingerprint density at radius 3 is 2.90 bits per heavy atom. The van der Waals surface area contributed by atoms with Crippen molar-refractivity contribution < 1.29 is 0 Å². The Morgan fingerprint density at radius 2 is 2.10 bits per heavy atom. The van der Waals surface area contributed by atoms with Crippen LogP contribution in [-0.2, 0) is 6.42 Å². The van der Waals surface area contributed by atoms with Crippen LogP contribution in [0.3, 0.4) is 0 Å². The van der Waals surface area contributed by atoms with E-state index in [4.69, 9.17) is 5.73 Å². The number of rotatable bonds is 4. The molecule has 3 rings (SSSR count). The third-order valence-electron chi connectivity index (χ3n) is 2.85. The van der Waals surface area contributed by atoms with Crippen LogP contribution in [0.5, 0.6) is 0 Å². The average Bonchev–Trinajstić information content (AvgIpc) is 2.82. The van der Waals surface area contributed by atoms with Crippen LogP contribution >= 0.6 is 23.1 Å². The van der Waals surface area contributed by atoms with Gasteiger partial charge in [0.15, 0.2) is 4.34 Å². The summed E-state index contributed by atoms with van der Waals surface area (Å²) in [6.45, 7) is 2.01. The molecule has 3 aromatic rings. The third-order valence-corrected chi connectivity index (χ3v) is 5.01. The largest absolute Gasteiger partial charge is 0.328 e. The van der Waals surface area contributed by atoms with Gasteiger partial charge in [-0.25, -0.2) is 9.97 Å². The number of hydrogen-bond acceptors (Lipinski definition) is 5. The number of hydrogen-bond donors (Lipinski definition) is 1. The second-order valence-corrected chi connectivity index (χ2v) is 6.97. The maximum atomic E-state index is 5.90. The van der Waals surface area contributed by atoms with E-state index < -0.39 is 0 Å². The quantitative estimate of drug-likeness (QED) is 0.797. The molecule has 2 N–H and O–H groups in total. The van der Waals surface area contributed by atoms with Crippen LogP contribution in [0.2, 0.25) is 0 Å². The van der Waals surface area contributed by atoms with E-state index in [1.165, 1.54) is 10.3 Å². The predicted octanol–water partition coefficient (Wildman–Crippen LogP) is 3.73. The summed E-state index contributed by atoms with van der Waals surface area (Å²) in [6.07, 6.45) is 2.65. The fourth-order valence-electron chi connectivity index (χ4n) is 2.00. The number of fused-ring (bicyclic) bond motifs is 1. The van der Waals surface area contributed by atoms with Gasteiger partial charge in [-0.2, -0.15) is 0 Å². The van der Waals surface area contributed by atoms with E-state index in [2.05, 4.69) is 22.1 Å². The highest BCUT2D eigenvalue weighted by atomic mass is 32.2. The summed E-state index contributed by atoms with van der Waals surface area (Å²) in [4.78, 5) is 9.11. The molecule has 0 aliphatic rings. The highest BCUT2D eigenvalue weighted by molar-refractivity contribution is 8.01. The van der Waals surface area contributed by atoms with Crippen molar-refractivity contribution in [3.05, 3.63) is 48.2 Å². The minimum atomic E-state index is 0.133. The van der Waals surface area contributed by atoms with E-state index in [1.807, 2.05) is 37.4 Å². The molecule has 1 unspecified atom stereocenters. The van der Waals surface area contributed by atoms with Gasteiger partial charge in [-0.15, -0.1) is 11.3 Å². The van der Waals surface area contributed by atoms with Crippen LogP contribution in [0.4, 0.5) is 0 Å². The van der Waals surface area contributed by atoms with Gasteiger partial charge in [-0.1, -0.05) is 18.2 Å². The number of thiazole rings is 1. The maximum absolute atomic E-state index is 5.90. The van der Waals surface area contributed by atoms with Crippen molar-refractivity contribution >= 4 is 33.3 Å². The van der Waals surface area contributed by atoms with Crippen LogP contribution in [0.15, 0.2) is 52.0 Å². The van der Waals surface area contributed by atoms with Crippen molar-refractivity contribution in [1.29, 1.82) is 0 Å². The monoisotopic (exact) mass is 301 g/mol. The van der Waals surface area contributed by atoms with Crippen LogP contribution in [0.1, 0.15) is 12.5 Å². The first kappa shape index (κ1) is 13.5. The average molecular weight is 301 g/mol. The van der Waals surface area contributed by atoms with Crippen LogP contribution in [-0.4, -0.2) is 16.0 Å². The second-order valence-electron chi connectivity index (χ2n) is 4.70. The van der Waals surface area contributed by atoms with Crippen molar-refractivity contribution in [3.63, 3.8) is 0 Å². The van der Waals surface area contributed by atoms with Crippen LogP contribution in [0.25, 0.3) is 10.2 Å². The topological polar surface area (TPSA) is 51.8 Å².